The van der Waals surface area contributed by atoms with Gasteiger partial charge in [-0.3, -0.25) is 4.79 Å². The number of esters is 1. The van der Waals surface area contributed by atoms with Crippen LogP contribution in [-0.4, -0.2) is 11.6 Å². The summed E-state index contributed by atoms with van der Waals surface area (Å²) >= 11 is 0. The first-order valence-corrected chi connectivity index (χ1v) is 8.43. The van der Waals surface area contributed by atoms with Gasteiger partial charge in [-0.2, -0.15) is 0 Å². The molecule has 0 aromatic rings. The average molecular weight is 278 g/mol. The third-order valence-electron chi connectivity index (χ3n) is 7.30. The van der Waals surface area contributed by atoms with Gasteiger partial charge in [0.2, 0.25) is 0 Å². The second-order valence-corrected chi connectivity index (χ2v) is 8.86. The SMILES string of the molecule is CCC(C)(C)C(C)(C)C(=O)OC12CC3CC(CC1C3)C2. The number of carbonyl (C=O) groups is 1. The molecule has 4 bridgehead atoms. The Bertz CT molecular complexity index is 407. The van der Waals surface area contributed by atoms with E-state index in [2.05, 4.69) is 34.6 Å². The highest BCUT2D eigenvalue weighted by molar-refractivity contribution is 5.77. The molecule has 20 heavy (non-hydrogen) atoms. The van der Waals surface area contributed by atoms with Gasteiger partial charge >= 0.3 is 5.97 Å². The van der Waals surface area contributed by atoms with Gasteiger partial charge in [0.05, 0.1) is 5.41 Å². The van der Waals surface area contributed by atoms with Gasteiger partial charge in [-0.15, -0.1) is 0 Å². The zero-order chi connectivity index (χ0) is 14.8. The first-order chi connectivity index (χ1) is 9.20. The Morgan fingerprint density at radius 3 is 2.15 bits per heavy atom. The molecule has 2 atom stereocenters. The minimum atomic E-state index is -0.406. The van der Waals surface area contributed by atoms with E-state index in [1.165, 1.54) is 19.3 Å². The summed E-state index contributed by atoms with van der Waals surface area (Å²) in [5, 5.41) is 0. The van der Waals surface area contributed by atoms with Crippen LogP contribution >= 0.6 is 0 Å². The van der Waals surface area contributed by atoms with Gasteiger partial charge in [0.1, 0.15) is 5.60 Å². The minimum Gasteiger partial charge on any atom is -0.458 e. The Morgan fingerprint density at radius 1 is 1.10 bits per heavy atom. The molecule has 114 valence electrons. The largest absolute Gasteiger partial charge is 0.458 e. The van der Waals surface area contributed by atoms with Crippen LogP contribution in [0.3, 0.4) is 0 Å². The van der Waals surface area contributed by atoms with Gasteiger partial charge in [0, 0.05) is 0 Å². The Kier molecular flexibility index (Phi) is 3.05. The van der Waals surface area contributed by atoms with Gasteiger partial charge in [-0.1, -0.05) is 20.8 Å². The molecule has 0 aliphatic heterocycles. The first kappa shape index (κ1) is 14.4. The van der Waals surface area contributed by atoms with E-state index in [1.807, 2.05) is 0 Å². The lowest BCUT2D eigenvalue weighted by Crippen LogP contribution is -2.46. The van der Waals surface area contributed by atoms with Crippen molar-refractivity contribution in [1.29, 1.82) is 0 Å². The van der Waals surface area contributed by atoms with E-state index >= 15 is 0 Å². The molecule has 4 aliphatic carbocycles. The molecule has 4 fully saturated rings. The van der Waals surface area contributed by atoms with Crippen molar-refractivity contribution in [2.24, 2.45) is 28.6 Å². The van der Waals surface area contributed by atoms with Crippen molar-refractivity contribution in [3.8, 4) is 0 Å². The van der Waals surface area contributed by atoms with Crippen LogP contribution in [-0.2, 0) is 9.53 Å². The number of carbonyl (C=O) groups excluding carboxylic acids is 1. The van der Waals surface area contributed by atoms with Crippen LogP contribution in [0.2, 0.25) is 0 Å². The van der Waals surface area contributed by atoms with Crippen LogP contribution in [0.25, 0.3) is 0 Å². The van der Waals surface area contributed by atoms with Crippen molar-refractivity contribution in [1.82, 2.24) is 0 Å². The molecular weight excluding hydrogens is 248 g/mol. The molecule has 0 spiro atoms. The van der Waals surface area contributed by atoms with E-state index in [9.17, 15) is 4.79 Å². The standard InChI is InChI=1S/C18H30O2/c1-6-16(2,3)17(4,5)15(19)20-18-10-12-7-13(11-18)9-14(18)8-12/h12-14H,6-11H2,1-5H3. The summed E-state index contributed by atoms with van der Waals surface area (Å²) in [5.74, 6) is 2.37. The molecule has 4 rings (SSSR count). The summed E-state index contributed by atoms with van der Waals surface area (Å²) in [6.07, 6.45) is 7.28. The van der Waals surface area contributed by atoms with Gasteiger partial charge < -0.3 is 4.74 Å². The van der Waals surface area contributed by atoms with Gasteiger partial charge in [0.25, 0.3) is 0 Å². The fourth-order valence-corrected chi connectivity index (χ4v) is 4.92. The number of ether oxygens (including phenoxy) is 1. The topological polar surface area (TPSA) is 26.3 Å². The highest BCUT2D eigenvalue weighted by Crippen LogP contribution is 2.62. The highest BCUT2D eigenvalue weighted by Gasteiger charge is 2.61. The van der Waals surface area contributed by atoms with E-state index in [0.29, 0.717) is 5.92 Å². The molecule has 0 radical (unpaired) electrons. The molecule has 0 aromatic heterocycles. The lowest BCUT2D eigenvalue weighted by molar-refractivity contribution is -0.181. The third-order valence-corrected chi connectivity index (χ3v) is 7.30. The minimum absolute atomic E-state index is 0.0175. The van der Waals surface area contributed by atoms with Gasteiger partial charge in [-0.25, -0.2) is 0 Å². The van der Waals surface area contributed by atoms with Crippen LogP contribution in [0.1, 0.15) is 73.1 Å². The highest BCUT2D eigenvalue weighted by atomic mass is 16.6. The zero-order valence-electron chi connectivity index (χ0n) is 13.8. The smallest absolute Gasteiger partial charge is 0.312 e. The maximum atomic E-state index is 12.9. The summed E-state index contributed by atoms with van der Waals surface area (Å²) in [6.45, 7) is 10.7. The lowest BCUT2D eigenvalue weighted by atomic mass is 9.66. The Morgan fingerprint density at radius 2 is 1.65 bits per heavy atom. The van der Waals surface area contributed by atoms with Crippen LogP contribution in [0, 0.1) is 28.6 Å². The van der Waals surface area contributed by atoms with Crippen molar-refractivity contribution in [3.05, 3.63) is 0 Å². The Labute approximate surface area is 123 Å². The molecule has 0 amide bonds. The summed E-state index contributed by atoms with van der Waals surface area (Å²) in [6, 6.07) is 0. The first-order valence-electron chi connectivity index (χ1n) is 8.43. The van der Waals surface area contributed by atoms with Crippen LogP contribution in [0.5, 0.6) is 0 Å². The van der Waals surface area contributed by atoms with Crippen LogP contribution in [0.4, 0.5) is 0 Å². The average Bonchev–Trinajstić information content (AvgIpc) is 2.73. The zero-order valence-corrected chi connectivity index (χ0v) is 13.8. The van der Waals surface area contributed by atoms with Crippen molar-refractivity contribution in [2.45, 2.75) is 78.7 Å². The summed E-state index contributed by atoms with van der Waals surface area (Å²) < 4.78 is 6.24. The Hall–Kier alpha value is -0.530. The van der Waals surface area contributed by atoms with E-state index in [-0.39, 0.29) is 17.0 Å². The molecule has 2 heteroatoms. The van der Waals surface area contributed by atoms with Gasteiger partial charge in [-0.05, 0) is 75.5 Å². The van der Waals surface area contributed by atoms with Crippen LogP contribution < -0.4 is 0 Å². The fraction of sp³-hybridized carbons (Fsp3) is 0.944. The van der Waals surface area contributed by atoms with Crippen molar-refractivity contribution < 1.29 is 9.53 Å². The lowest BCUT2D eigenvalue weighted by Gasteiger charge is -2.42. The number of hydrogen-bond donors (Lipinski definition) is 0. The molecular formula is C18H30O2. The quantitative estimate of drug-likeness (QED) is 0.704. The van der Waals surface area contributed by atoms with E-state index in [1.54, 1.807) is 0 Å². The van der Waals surface area contributed by atoms with Crippen molar-refractivity contribution in [3.63, 3.8) is 0 Å². The van der Waals surface area contributed by atoms with Crippen molar-refractivity contribution in [2.75, 3.05) is 0 Å². The van der Waals surface area contributed by atoms with Crippen LogP contribution in [0.15, 0.2) is 0 Å². The maximum absolute atomic E-state index is 12.9. The van der Waals surface area contributed by atoms with Gasteiger partial charge in [0.15, 0.2) is 0 Å². The molecule has 0 heterocycles. The van der Waals surface area contributed by atoms with E-state index < -0.39 is 5.41 Å². The van der Waals surface area contributed by atoms with E-state index in [4.69, 9.17) is 4.74 Å². The van der Waals surface area contributed by atoms with E-state index in [0.717, 1.165) is 31.1 Å². The normalized spacial score (nSPS) is 39.4. The fourth-order valence-electron chi connectivity index (χ4n) is 4.92. The third kappa shape index (κ3) is 1.86. The number of hydrogen-bond acceptors (Lipinski definition) is 2. The maximum Gasteiger partial charge on any atom is 0.312 e. The molecule has 4 saturated carbocycles. The molecule has 2 unspecified atom stereocenters. The molecule has 0 aromatic carbocycles. The monoisotopic (exact) mass is 278 g/mol. The summed E-state index contributed by atoms with van der Waals surface area (Å²) in [5.41, 5.74) is -0.501. The molecule has 0 saturated heterocycles. The predicted molar refractivity (Wildman–Crippen MR) is 80.2 cm³/mol. The summed E-state index contributed by atoms with van der Waals surface area (Å²) in [7, 11) is 0. The second-order valence-electron chi connectivity index (χ2n) is 8.86. The predicted octanol–water partition coefficient (Wildman–Crippen LogP) is 4.57. The van der Waals surface area contributed by atoms with Crippen molar-refractivity contribution >= 4 is 5.97 Å². The second kappa shape index (κ2) is 4.24. The molecule has 4 aliphatic rings. The number of rotatable bonds is 4. The molecule has 2 nitrogen and oxygen atoms in total. The molecule has 0 N–H and O–H groups in total. The Balaban J connectivity index is 1.77. The summed E-state index contributed by atoms with van der Waals surface area (Å²) in [4.78, 5) is 12.9.